The molecule has 3 amide bonds. The number of piperidine rings is 2. The van der Waals surface area contributed by atoms with Crippen molar-refractivity contribution in [3.05, 3.63) is 83.8 Å². The number of aryl methyl sites for hydroxylation is 2. The lowest BCUT2D eigenvalue weighted by atomic mass is 9.87. The van der Waals surface area contributed by atoms with Crippen LogP contribution in [0.3, 0.4) is 0 Å². The number of rotatable bonds is 14. The van der Waals surface area contributed by atoms with Crippen LogP contribution in [0.15, 0.2) is 67.1 Å². The molecule has 5 aliphatic rings. The molecule has 6 heterocycles. The van der Waals surface area contributed by atoms with Crippen molar-refractivity contribution in [3.8, 4) is 22.6 Å². The molecular weight excluding hydrogens is 898 g/mol. The topological polar surface area (TPSA) is 205 Å². The van der Waals surface area contributed by atoms with Gasteiger partial charge >= 0.3 is 0 Å². The number of carbonyl (C=O) groups is 4. The van der Waals surface area contributed by atoms with Crippen LogP contribution in [-0.2, 0) is 39.0 Å². The van der Waals surface area contributed by atoms with Gasteiger partial charge in [-0.05, 0) is 55.4 Å². The van der Waals surface area contributed by atoms with Crippen molar-refractivity contribution in [1.82, 2.24) is 40.2 Å². The van der Waals surface area contributed by atoms with Crippen LogP contribution in [0.5, 0.6) is 11.5 Å². The molecule has 360 valence electrons. The molecule has 3 saturated heterocycles. The van der Waals surface area contributed by atoms with Crippen molar-refractivity contribution in [1.29, 1.82) is 0 Å². The minimum Gasteiger partial charge on any atom is -0.494 e. The number of hydrogen-bond donors (Lipinski definition) is 4. The van der Waals surface area contributed by atoms with E-state index in [-0.39, 0.29) is 49.0 Å². The number of aromatic nitrogens is 4. The number of nitrogens with one attached hydrogen (secondary N) is 4. The van der Waals surface area contributed by atoms with Crippen LogP contribution in [0.1, 0.15) is 66.9 Å². The van der Waals surface area contributed by atoms with E-state index in [1.54, 1.807) is 36.9 Å². The lowest BCUT2D eigenvalue weighted by Gasteiger charge is -2.44. The average molecular weight is 956 g/mol. The Kier molecular flexibility index (Phi) is 12.7. The van der Waals surface area contributed by atoms with Crippen LogP contribution in [0.25, 0.3) is 11.1 Å². The van der Waals surface area contributed by atoms with Crippen molar-refractivity contribution in [3.63, 3.8) is 0 Å². The zero-order valence-electron chi connectivity index (χ0n) is 39.4. The van der Waals surface area contributed by atoms with Gasteiger partial charge in [0.2, 0.25) is 17.8 Å². The van der Waals surface area contributed by atoms with Crippen LogP contribution < -0.4 is 46.2 Å². The standard InChI is InChI=1S/C50H58N11O7P/c1-5-30-20-40(44(67-3)25-42(30)60-16-12-33(62)13-17-60)55-50-52-27-37(31-26-53-58(2)28-31)47(57-50)54-39-8-6-7-9-45(39)69(4,66)35-23-36-38(29-61(49(36)65)41-10-11-46(63)56-48(41)64)43(24-35)68-34-21-32(22-34)59-18-14-51-15-19-59/h6-9,20,23-28,32,34,41,51H,5,10-19,21-22,29H2,1-4H3,(H,56,63,64)(H2,52,54,55,57)/t32-,34-,41?,69?. The second-order valence-corrected chi connectivity index (χ2v) is 21.5. The molecule has 1 aliphatic carbocycles. The summed E-state index contributed by atoms with van der Waals surface area (Å²) in [6.45, 7) is 9.09. The van der Waals surface area contributed by atoms with Crippen LogP contribution in [0, 0.1) is 0 Å². The molecule has 4 aliphatic heterocycles. The van der Waals surface area contributed by atoms with E-state index in [2.05, 4.69) is 43.1 Å². The Labute approximate surface area is 400 Å². The number of ether oxygens (including phenoxy) is 2. The summed E-state index contributed by atoms with van der Waals surface area (Å²) >= 11 is 0. The monoisotopic (exact) mass is 955 g/mol. The summed E-state index contributed by atoms with van der Waals surface area (Å²) in [5, 5.41) is 18.1. The molecule has 2 aromatic heterocycles. The first-order valence-corrected chi connectivity index (χ1v) is 26.0. The number of imide groups is 1. The van der Waals surface area contributed by atoms with Gasteiger partial charge in [0.1, 0.15) is 42.4 Å². The Balaban J connectivity index is 0.984. The summed E-state index contributed by atoms with van der Waals surface area (Å²) in [5.74, 6) is 0.833. The zero-order chi connectivity index (χ0) is 48.0. The van der Waals surface area contributed by atoms with E-state index < -0.39 is 19.1 Å². The highest BCUT2D eigenvalue weighted by molar-refractivity contribution is 7.78. The average Bonchev–Trinajstić information content (AvgIpc) is 3.92. The zero-order valence-corrected chi connectivity index (χ0v) is 40.3. The first-order valence-electron chi connectivity index (χ1n) is 23.8. The minimum atomic E-state index is -3.55. The van der Waals surface area contributed by atoms with E-state index in [0.717, 1.165) is 62.3 Å². The van der Waals surface area contributed by atoms with E-state index >= 15 is 4.57 Å². The highest BCUT2D eigenvalue weighted by Crippen LogP contribution is 2.46. The normalized spacial score (nSPS) is 21.6. The molecule has 3 aromatic carbocycles. The van der Waals surface area contributed by atoms with Gasteiger partial charge < -0.3 is 39.8 Å². The fourth-order valence-electron chi connectivity index (χ4n) is 10.2. The summed E-state index contributed by atoms with van der Waals surface area (Å²) in [5.41, 5.74) is 5.71. The Morgan fingerprint density at radius 1 is 0.899 bits per heavy atom. The highest BCUT2D eigenvalue weighted by atomic mass is 31.2. The summed E-state index contributed by atoms with van der Waals surface area (Å²) in [4.78, 5) is 67.6. The number of para-hydroxylation sites is 1. The van der Waals surface area contributed by atoms with E-state index in [9.17, 15) is 19.2 Å². The fraction of sp³-hybridized carbons (Fsp3) is 0.420. The molecule has 1 saturated carbocycles. The SMILES string of the molecule is CCc1cc(Nc2ncc(-c3cnn(C)c3)c(Nc3ccccc3P(C)(=O)c3cc(O[C@H]4C[C@H](N5CCNCC5)C4)c4c(c3)C(=O)N(C3CCC(=O)NC3=O)C4)n2)c(OC)cc1N1CCC(=O)CC1. The number of Topliss-reactive ketones (excluding diaryl/α,β-unsaturated/α-hetero) is 1. The third-order valence-electron chi connectivity index (χ3n) is 14.2. The quantitative estimate of drug-likeness (QED) is 0.0886. The van der Waals surface area contributed by atoms with Crippen molar-refractivity contribution < 1.29 is 33.2 Å². The van der Waals surface area contributed by atoms with Gasteiger partial charge in [0.15, 0.2) is 0 Å². The van der Waals surface area contributed by atoms with E-state index in [0.29, 0.717) is 88.0 Å². The van der Waals surface area contributed by atoms with Gasteiger partial charge in [0, 0.05) is 141 Å². The summed E-state index contributed by atoms with van der Waals surface area (Å²) in [7, 11) is -0.105. The Morgan fingerprint density at radius 3 is 2.41 bits per heavy atom. The highest BCUT2D eigenvalue weighted by Gasteiger charge is 2.43. The molecule has 4 N–H and O–H groups in total. The molecule has 0 bridgehead atoms. The van der Waals surface area contributed by atoms with Gasteiger partial charge in [0.25, 0.3) is 5.91 Å². The maximum atomic E-state index is 15.7. The smallest absolute Gasteiger partial charge is 0.255 e. The number of methoxy groups -OCH3 is 1. The second kappa shape index (κ2) is 19.1. The molecule has 10 rings (SSSR count). The molecule has 18 nitrogen and oxygen atoms in total. The first-order chi connectivity index (χ1) is 33.4. The van der Waals surface area contributed by atoms with Crippen LogP contribution >= 0.6 is 7.14 Å². The van der Waals surface area contributed by atoms with Gasteiger partial charge in [-0.15, -0.1) is 0 Å². The van der Waals surface area contributed by atoms with Gasteiger partial charge in [-0.1, -0.05) is 19.1 Å². The van der Waals surface area contributed by atoms with Crippen LogP contribution in [0.2, 0.25) is 0 Å². The summed E-state index contributed by atoms with van der Waals surface area (Å²) in [6.07, 6.45) is 9.00. The fourth-order valence-corrected chi connectivity index (χ4v) is 12.2. The van der Waals surface area contributed by atoms with Crippen molar-refractivity contribution >= 4 is 70.1 Å². The van der Waals surface area contributed by atoms with E-state index in [1.807, 2.05) is 55.7 Å². The van der Waals surface area contributed by atoms with Crippen molar-refractivity contribution in [2.75, 3.05) is 68.6 Å². The van der Waals surface area contributed by atoms with Crippen LogP contribution in [-0.4, -0.2) is 124 Å². The summed E-state index contributed by atoms with van der Waals surface area (Å²) in [6, 6.07) is 14.5. The van der Waals surface area contributed by atoms with Crippen molar-refractivity contribution in [2.45, 2.75) is 76.6 Å². The lowest BCUT2D eigenvalue weighted by molar-refractivity contribution is -0.137. The Bertz CT molecular complexity index is 2880. The number of carbonyl (C=O) groups excluding carboxylic acids is 4. The third kappa shape index (κ3) is 9.20. The second-order valence-electron chi connectivity index (χ2n) is 18.6. The first kappa shape index (κ1) is 46.1. The molecule has 2 atom stereocenters. The van der Waals surface area contributed by atoms with E-state index in [4.69, 9.17) is 19.4 Å². The maximum absolute atomic E-state index is 15.7. The predicted molar refractivity (Wildman–Crippen MR) is 263 cm³/mol. The van der Waals surface area contributed by atoms with Gasteiger partial charge in [-0.2, -0.15) is 10.1 Å². The number of benzene rings is 3. The molecular formula is C50H58N11O7P. The number of nitrogens with zero attached hydrogens (tertiary/aromatic N) is 7. The molecule has 69 heavy (non-hydrogen) atoms. The number of hydrogen-bond acceptors (Lipinski definition) is 15. The molecule has 4 fully saturated rings. The molecule has 0 spiro atoms. The number of piperazine rings is 1. The Hall–Kier alpha value is -6.62. The number of amides is 3. The van der Waals surface area contributed by atoms with Gasteiger partial charge in [0.05, 0.1) is 31.2 Å². The van der Waals surface area contributed by atoms with Gasteiger partial charge in [-0.3, -0.25) is 34.1 Å². The Morgan fingerprint density at radius 2 is 1.68 bits per heavy atom. The maximum Gasteiger partial charge on any atom is 0.255 e. The predicted octanol–water partition coefficient (Wildman–Crippen LogP) is 4.62. The molecule has 2 unspecified atom stereocenters. The largest absolute Gasteiger partial charge is 0.494 e. The van der Waals surface area contributed by atoms with Gasteiger partial charge in [-0.25, -0.2) is 4.98 Å². The molecule has 5 aromatic rings. The van der Waals surface area contributed by atoms with Crippen LogP contribution in [0.4, 0.5) is 28.8 Å². The number of anilines is 5. The molecule has 19 heteroatoms. The number of fused-ring (bicyclic) bond motifs is 1. The van der Waals surface area contributed by atoms with E-state index in [1.165, 1.54) is 4.90 Å². The third-order valence-corrected chi connectivity index (χ3v) is 16.8. The summed E-state index contributed by atoms with van der Waals surface area (Å²) < 4.78 is 30.1. The van der Waals surface area contributed by atoms with Crippen molar-refractivity contribution in [2.24, 2.45) is 7.05 Å². The lowest BCUT2D eigenvalue weighted by Crippen LogP contribution is -2.55. The minimum absolute atomic E-state index is 0.103. The molecule has 0 radical (unpaired) electrons. The number of ketones is 1.